The van der Waals surface area contributed by atoms with Gasteiger partial charge >= 0.3 is 0 Å². The van der Waals surface area contributed by atoms with E-state index in [4.69, 9.17) is 0 Å². The summed E-state index contributed by atoms with van der Waals surface area (Å²) in [5.41, 5.74) is 48.8. The van der Waals surface area contributed by atoms with Crippen molar-refractivity contribution in [3.63, 3.8) is 0 Å². The highest BCUT2D eigenvalue weighted by atomic mass is 14.5. The summed E-state index contributed by atoms with van der Waals surface area (Å²) in [6.45, 7) is 33.6. The summed E-state index contributed by atoms with van der Waals surface area (Å²) in [6.07, 6.45) is 17.8. The van der Waals surface area contributed by atoms with Crippen molar-refractivity contribution in [2.45, 2.75) is 214 Å². The number of rotatable bonds is 20. The Morgan fingerprint density at radius 1 is 0.195 bits per heavy atom. The Morgan fingerprint density at radius 2 is 0.487 bits per heavy atom. The predicted octanol–water partition coefficient (Wildman–Crippen LogP) is 32.2. The summed E-state index contributed by atoms with van der Waals surface area (Å²) in [5, 5.41) is 5.38. The Morgan fingerprint density at radius 3 is 0.876 bits per heavy atom. The van der Waals surface area contributed by atoms with Crippen LogP contribution in [-0.4, -0.2) is 0 Å². The molecule has 14 aromatic carbocycles. The van der Waals surface area contributed by atoms with Crippen LogP contribution in [-0.2, 0) is 27.1 Å². The second-order valence-corrected chi connectivity index (χ2v) is 37.0. The highest BCUT2D eigenvalue weighted by molar-refractivity contribution is 6.12. The maximum absolute atomic E-state index is 2.80. The molecule has 0 atom stereocenters. The predicted molar refractivity (Wildman–Crippen MR) is 485 cm³/mol. The maximum Gasteiger partial charge on any atom is 0.0215 e. The molecule has 562 valence electrons. The Kier molecular flexibility index (Phi) is 17.7. The fourth-order valence-corrected chi connectivity index (χ4v) is 22.8. The van der Waals surface area contributed by atoms with E-state index in [0.717, 1.165) is 0 Å². The molecule has 19 rings (SSSR count). The Hall–Kier alpha value is -10.4. The van der Waals surface area contributed by atoms with Gasteiger partial charge in [0.25, 0.3) is 0 Å². The number of benzene rings is 14. The van der Waals surface area contributed by atoms with Crippen molar-refractivity contribution in [2.75, 3.05) is 0 Å². The normalized spacial score (nSPS) is 15.3. The molecule has 113 heavy (non-hydrogen) atoms. The third-order valence-corrected chi connectivity index (χ3v) is 28.7. The van der Waals surface area contributed by atoms with Crippen LogP contribution in [0.3, 0.4) is 0 Å². The molecule has 0 aliphatic heterocycles. The number of hydrogen-bond acceptors (Lipinski definition) is 0. The van der Waals surface area contributed by atoms with Gasteiger partial charge in [0.15, 0.2) is 0 Å². The fraction of sp³-hybridized carbons (Fsp3) is 0.292. The average Bonchev–Trinajstić information content (AvgIpc) is 1.51. The van der Waals surface area contributed by atoms with Gasteiger partial charge in [-0.3, -0.25) is 0 Å². The molecule has 0 nitrogen and oxygen atoms in total. The van der Waals surface area contributed by atoms with Gasteiger partial charge in [-0.2, -0.15) is 0 Å². The molecule has 5 aliphatic rings. The van der Waals surface area contributed by atoms with Crippen molar-refractivity contribution in [1.29, 1.82) is 0 Å². The van der Waals surface area contributed by atoms with E-state index >= 15 is 0 Å². The molecule has 0 spiro atoms. The van der Waals surface area contributed by atoms with E-state index < -0.39 is 0 Å². The average molecular weight is 1470 g/mol. The lowest BCUT2D eigenvalue weighted by Gasteiger charge is -2.34. The van der Waals surface area contributed by atoms with E-state index in [2.05, 4.69) is 340 Å². The van der Waals surface area contributed by atoms with Crippen LogP contribution in [0.2, 0.25) is 0 Å². The molecule has 5 aliphatic carbocycles. The minimum atomic E-state index is -0.256. The summed E-state index contributed by atoms with van der Waals surface area (Å²) in [4.78, 5) is 0. The van der Waals surface area contributed by atoms with Crippen molar-refractivity contribution in [2.24, 2.45) is 0 Å². The van der Waals surface area contributed by atoms with Crippen LogP contribution in [0.15, 0.2) is 243 Å². The number of fused-ring (bicyclic) bond motifs is 19. The van der Waals surface area contributed by atoms with Crippen LogP contribution >= 0.6 is 0 Å². The molecule has 0 N–H and O–H groups in total. The lowest BCUT2D eigenvalue weighted by atomic mass is 9.69. The Labute approximate surface area is 673 Å². The van der Waals surface area contributed by atoms with E-state index in [-0.39, 0.29) is 27.1 Å². The first-order chi connectivity index (χ1) is 54.6. The van der Waals surface area contributed by atoms with Crippen LogP contribution in [0, 0.1) is 27.7 Å². The lowest BCUT2D eigenvalue weighted by Crippen LogP contribution is -2.26. The van der Waals surface area contributed by atoms with Gasteiger partial charge in [0.1, 0.15) is 0 Å². The second kappa shape index (κ2) is 27.4. The van der Waals surface area contributed by atoms with Gasteiger partial charge in [0, 0.05) is 27.1 Å². The van der Waals surface area contributed by atoms with E-state index in [1.54, 1.807) is 11.1 Å². The Balaban J connectivity index is 0.684. The van der Waals surface area contributed by atoms with Crippen molar-refractivity contribution in [1.82, 2.24) is 0 Å². The zero-order chi connectivity index (χ0) is 77.8. The quantitative estimate of drug-likeness (QED) is 0.0667. The fourth-order valence-electron chi connectivity index (χ4n) is 22.8. The van der Waals surface area contributed by atoms with Gasteiger partial charge in [-0.25, -0.2) is 0 Å². The van der Waals surface area contributed by atoms with Crippen molar-refractivity contribution in [3.05, 3.63) is 321 Å². The standard InChI is InChI=1S/C113H110/c1-15-17-19-21-23-33-55-113(56-34-24-22-20-18-16-2)101-67-93-99(111(11,12)103-63-89(81-35-25-27-39-87(81)107(93)103)73-43-47-75(48-44-73)105-69(3)57-79(58-70(105)4)77-51-53-85-83-37-29-31-41-95(83)109(7,8)97(85)61-77)65-91(101)92-66-100-94(68-102(92)113)108-88-40-28-26-36-82(88)90(64-104(108)112(100,13)14)74-45-49-76(50-46-74)106-71(5)59-80(60-72(106)6)78-52-54-86-84-38-30-32-42-96(84)110(9,10)98(86)62-78/h25-32,35-54,57-68H,15-24,33-34,55-56H2,1-14H3. The largest absolute Gasteiger partial charge is 0.0654 e. The topological polar surface area (TPSA) is 0 Å². The lowest BCUT2D eigenvalue weighted by molar-refractivity contribution is 0.398. The van der Waals surface area contributed by atoms with Crippen LogP contribution in [0.25, 0.3) is 144 Å². The highest BCUT2D eigenvalue weighted by Gasteiger charge is 2.49. The number of aryl methyl sites for hydroxylation is 4. The van der Waals surface area contributed by atoms with Crippen molar-refractivity contribution < 1.29 is 0 Å². The number of unbranched alkanes of at least 4 members (excludes halogenated alkanes) is 10. The van der Waals surface area contributed by atoms with Gasteiger partial charge < -0.3 is 0 Å². The van der Waals surface area contributed by atoms with Crippen molar-refractivity contribution in [3.8, 4) is 122 Å². The maximum atomic E-state index is 2.80. The molecule has 14 aromatic rings. The van der Waals surface area contributed by atoms with E-state index in [1.165, 1.54) is 301 Å². The Bertz CT molecular complexity index is 5800. The van der Waals surface area contributed by atoms with E-state index in [9.17, 15) is 0 Å². The number of hydrogen-bond donors (Lipinski definition) is 0. The smallest absolute Gasteiger partial charge is 0.0215 e. The van der Waals surface area contributed by atoms with Crippen LogP contribution in [0.5, 0.6) is 0 Å². The molecule has 0 heterocycles. The monoisotopic (exact) mass is 1470 g/mol. The summed E-state index contributed by atoms with van der Waals surface area (Å²) < 4.78 is 0. The van der Waals surface area contributed by atoms with Gasteiger partial charge in [-0.05, 0) is 311 Å². The molecule has 0 amide bonds. The molecule has 0 fully saturated rings. The van der Waals surface area contributed by atoms with Gasteiger partial charge in [0.2, 0.25) is 0 Å². The zero-order valence-corrected chi connectivity index (χ0v) is 69.5. The molecule has 0 saturated heterocycles. The SMILES string of the molecule is CCCCCCCCC1(CCCCCCCC)c2cc3c(cc2-c2cc4c(cc21)-c1c(cc(-c2ccc(-c5c(C)cc(-c6ccc7c(c6)C(C)(C)c6ccccc6-7)cc5C)cc2)c2ccccc12)C4(C)C)C(C)(C)c1cc(-c2ccc(-c4c(C)cc(-c5ccc6c(c5)C(C)(C)c5ccccc5-6)cc4C)cc2)c2ccccc2c1-3. The summed E-state index contributed by atoms with van der Waals surface area (Å²) in [7, 11) is 0. The first-order valence-electron chi connectivity index (χ1n) is 43.1. The van der Waals surface area contributed by atoms with Gasteiger partial charge in [-0.15, -0.1) is 0 Å². The van der Waals surface area contributed by atoms with E-state index in [1.807, 2.05) is 0 Å². The van der Waals surface area contributed by atoms with Crippen LogP contribution in [0.1, 0.15) is 237 Å². The first-order valence-corrected chi connectivity index (χ1v) is 43.1. The second-order valence-electron chi connectivity index (χ2n) is 37.0. The van der Waals surface area contributed by atoms with Gasteiger partial charge in [-0.1, -0.05) is 340 Å². The molecular formula is C113H110. The molecule has 0 radical (unpaired) electrons. The minimum absolute atomic E-state index is 0.0419. The minimum Gasteiger partial charge on any atom is -0.0654 e. The highest BCUT2D eigenvalue weighted by Crippen LogP contribution is 2.64. The van der Waals surface area contributed by atoms with Crippen LogP contribution in [0.4, 0.5) is 0 Å². The van der Waals surface area contributed by atoms with E-state index in [0.29, 0.717) is 0 Å². The summed E-state index contributed by atoms with van der Waals surface area (Å²) in [5.74, 6) is 0. The summed E-state index contributed by atoms with van der Waals surface area (Å²) >= 11 is 0. The molecular weight excluding hydrogens is 1360 g/mol. The molecule has 0 bridgehead atoms. The van der Waals surface area contributed by atoms with Gasteiger partial charge in [0.05, 0.1) is 0 Å². The first kappa shape index (κ1) is 72.8. The zero-order valence-electron chi connectivity index (χ0n) is 69.5. The summed E-state index contributed by atoms with van der Waals surface area (Å²) in [6, 6.07) is 96.3. The van der Waals surface area contributed by atoms with Crippen molar-refractivity contribution >= 4 is 21.5 Å². The molecule has 0 saturated carbocycles. The third kappa shape index (κ3) is 11.4. The third-order valence-electron chi connectivity index (χ3n) is 28.7. The molecule has 0 unspecified atom stereocenters. The van der Waals surface area contributed by atoms with Crippen LogP contribution < -0.4 is 0 Å². The molecule has 0 heteroatoms. The molecule has 0 aromatic heterocycles.